The molecule has 0 aliphatic rings. The second-order valence-corrected chi connectivity index (χ2v) is 4.50. The van der Waals surface area contributed by atoms with Crippen molar-refractivity contribution in [1.82, 2.24) is 4.98 Å². The maximum Gasteiger partial charge on any atom is 0.161 e. The Labute approximate surface area is 117 Å². The van der Waals surface area contributed by atoms with Gasteiger partial charge in [0.1, 0.15) is 5.75 Å². The van der Waals surface area contributed by atoms with Crippen LogP contribution in [0.1, 0.15) is 24.2 Å². The molecule has 4 heteroatoms. The summed E-state index contributed by atoms with van der Waals surface area (Å²) >= 11 is 6.10. The van der Waals surface area contributed by atoms with Crippen LogP contribution >= 0.6 is 11.6 Å². The summed E-state index contributed by atoms with van der Waals surface area (Å²) in [6.45, 7) is 4.01. The summed E-state index contributed by atoms with van der Waals surface area (Å²) in [6.07, 6.45) is 3.40. The van der Waals surface area contributed by atoms with Gasteiger partial charge in [-0.3, -0.25) is 9.78 Å². The number of pyridine rings is 1. The normalized spacial score (nSPS) is 10.3. The molecule has 2 aromatic rings. The van der Waals surface area contributed by atoms with Gasteiger partial charge in [-0.2, -0.15) is 0 Å². The number of ketones is 1. The van der Waals surface area contributed by atoms with Crippen LogP contribution in [0.4, 0.5) is 0 Å². The summed E-state index contributed by atoms with van der Waals surface area (Å²) in [6, 6.07) is 7.25. The van der Waals surface area contributed by atoms with Gasteiger partial charge in [-0.25, -0.2) is 0 Å². The van der Waals surface area contributed by atoms with Gasteiger partial charge in [0.2, 0.25) is 0 Å². The molecule has 0 bridgehead atoms. The first-order valence-corrected chi connectivity index (χ1v) is 6.38. The zero-order chi connectivity index (χ0) is 13.8. The average molecular weight is 276 g/mol. The minimum atomic E-state index is -0.0438. The maximum absolute atomic E-state index is 11.3. The third-order valence-electron chi connectivity index (χ3n) is 2.71. The standard InChI is InChI=1S/C15H14ClNO2/c1-3-19-13-6-12(8-17-9-13)11-4-5-14(10(2)18)15(16)7-11/h4-9H,3H2,1-2H3. The highest BCUT2D eigenvalue weighted by Gasteiger charge is 2.08. The van der Waals surface area contributed by atoms with Gasteiger partial charge in [0.25, 0.3) is 0 Å². The lowest BCUT2D eigenvalue weighted by Gasteiger charge is -2.07. The quantitative estimate of drug-likeness (QED) is 0.792. The van der Waals surface area contributed by atoms with Crippen LogP contribution in [0.5, 0.6) is 5.75 Å². The van der Waals surface area contributed by atoms with Gasteiger partial charge in [0.15, 0.2) is 5.78 Å². The van der Waals surface area contributed by atoms with E-state index in [2.05, 4.69) is 4.98 Å². The molecule has 0 aliphatic carbocycles. The van der Waals surface area contributed by atoms with Crippen LogP contribution in [0.25, 0.3) is 11.1 Å². The monoisotopic (exact) mass is 275 g/mol. The number of carbonyl (C=O) groups excluding carboxylic acids is 1. The van der Waals surface area contributed by atoms with E-state index in [-0.39, 0.29) is 5.78 Å². The molecule has 1 aromatic carbocycles. The highest BCUT2D eigenvalue weighted by atomic mass is 35.5. The molecule has 3 nitrogen and oxygen atoms in total. The minimum absolute atomic E-state index is 0.0438. The van der Waals surface area contributed by atoms with Gasteiger partial charge in [-0.1, -0.05) is 17.7 Å². The Morgan fingerprint density at radius 1 is 1.26 bits per heavy atom. The third kappa shape index (κ3) is 3.12. The lowest BCUT2D eigenvalue weighted by molar-refractivity contribution is 0.101. The molecular weight excluding hydrogens is 262 g/mol. The topological polar surface area (TPSA) is 39.2 Å². The molecular formula is C15H14ClNO2. The largest absolute Gasteiger partial charge is 0.492 e. The van der Waals surface area contributed by atoms with Gasteiger partial charge in [0, 0.05) is 17.3 Å². The average Bonchev–Trinajstić information content (AvgIpc) is 2.39. The van der Waals surface area contributed by atoms with Crippen molar-refractivity contribution in [3.63, 3.8) is 0 Å². The maximum atomic E-state index is 11.3. The number of nitrogens with zero attached hydrogens (tertiary/aromatic N) is 1. The SMILES string of the molecule is CCOc1cncc(-c2ccc(C(C)=O)c(Cl)c2)c1. The Morgan fingerprint density at radius 3 is 2.68 bits per heavy atom. The second-order valence-electron chi connectivity index (χ2n) is 4.09. The van der Waals surface area contributed by atoms with E-state index in [1.807, 2.05) is 19.1 Å². The molecule has 1 aromatic heterocycles. The van der Waals surface area contributed by atoms with Gasteiger partial charge >= 0.3 is 0 Å². The number of benzene rings is 1. The van der Waals surface area contributed by atoms with E-state index in [0.717, 1.165) is 11.1 Å². The first kappa shape index (κ1) is 13.6. The Morgan fingerprint density at radius 2 is 2.05 bits per heavy atom. The van der Waals surface area contributed by atoms with E-state index in [0.29, 0.717) is 22.9 Å². The molecule has 0 atom stereocenters. The summed E-state index contributed by atoms with van der Waals surface area (Å²) < 4.78 is 5.41. The van der Waals surface area contributed by atoms with E-state index in [9.17, 15) is 4.79 Å². The smallest absolute Gasteiger partial charge is 0.161 e. The van der Waals surface area contributed by atoms with E-state index in [1.165, 1.54) is 6.92 Å². The van der Waals surface area contributed by atoms with Gasteiger partial charge in [0.05, 0.1) is 17.8 Å². The van der Waals surface area contributed by atoms with Crippen molar-refractivity contribution in [1.29, 1.82) is 0 Å². The molecule has 0 aliphatic heterocycles. The molecule has 1 heterocycles. The van der Waals surface area contributed by atoms with Crippen LogP contribution < -0.4 is 4.74 Å². The zero-order valence-electron chi connectivity index (χ0n) is 10.8. The zero-order valence-corrected chi connectivity index (χ0v) is 11.6. The first-order valence-electron chi connectivity index (χ1n) is 6.00. The van der Waals surface area contributed by atoms with E-state index < -0.39 is 0 Å². The lowest BCUT2D eigenvalue weighted by atomic mass is 10.0. The highest BCUT2D eigenvalue weighted by molar-refractivity contribution is 6.34. The number of carbonyl (C=O) groups is 1. The second kappa shape index (κ2) is 5.85. The highest BCUT2D eigenvalue weighted by Crippen LogP contribution is 2.27. The Bertz CT molecular complexity index is 611. The van der Waals surface area contributed by atoms with Crippen LogP contribution in [-0.2, 0) is 0 Å². The fourth-order valence-corrected chi connectivity index (χ4v) is 2.12. The molecule has 98 valence electrons. The van der Waals surface area contributed by atoms with Crippen molar-refractivity contribution in [3.05, 3.63) is 47.2 Å². The van der Waals surface area contributed by atoms with Crippen LogP contribution in [0.15, 0.2) is 36.7 Å². The van der Waals surface area contributed by atoms with Gasteiger partial charge < -0.3 is 4.74 Å². The van der Waals surface area contributed by atoms with Crippen LogP contribution in [0.3, 0.4) is 0 Å². The third-order valence-corrected chi connectivity index (χ3v) is 3.02. The molecule has 0 spiro atoms. The van der Waals surface area contributed by atoms with Gasteiger partial charge in [-0.15, -0.1) is 0 Å². The fourth-order valence-electron chi connectivity index (χ4n) is 1.80. The van der Waals surface area contributed by atoms with Crippen LogP contribution in [0.2, 0.25) is 5.02 Å². The van der Waals surface area contributed by atoms with Crippen molar-refractivity contribution in [3.8, 4) is 16.9 Å². The molecule has 0 saturated carbocycles. The van der Waals surface area contributed by atoms with Crippen molar-refractivity contribution >= 4 is 17.4 Å². The van der Waals surface area contributed by atoms with E-state index >= 15 is 0 Å². The molecule has 0 radical (unpaired) electrons. The summed E-state index contributed by atoms with van der Waals surface area (Å²) in [4.78, 5) is 15.5. The number of halogens is 1. The summed E-state index contributed by atoms with van der Waals surface area (Å²) in [7, 11) is 0. The van der Waals surface area contributed by atoms with Crippen molar-refractivity contribution in [2.45, 2.75) is 13.8 Å². The van der Waals surface area contributed by atoms with Crippen molar-refractivity contribution < 1.29 is 9.53 Å². The van der Waals surface area contributed by atoms with Gasteiger partial charge in [-0.05, 0) is 37.6 Å². The van der Waals surface area contributed by atoms with Crippen molar-refractivity contribution in [2.24, 2.45) is 0 Å². The molecule has 0 N–H and O–H groups in total. The molecule has 0 saturated heterocycles. The Balaban J connectivity index is 2.39. The molecule has 19 heavy (non-hydrogen) atoms. The lowest BCUT2D eigenvalue weighted by Crippen LogP contribution is -1.94. The number of Topliss-reactive ketones (excluding diaryl/α,β-unsaturated/α-hetero) is 1. The van der Waals surface area contributed by atoms with Crippen LogP contribution in [0, 0.1) is 0 Å². The first-order chi connectivity index (χ1) is 9.11. The summed E-state index contributed by atoms with van der Waals surface area (Å²) in [5, 5.41) is 0.451. The Kier molecular flexibility index (Phi) is 4.17. The van der Waals surface area contributed by atoms with Crippen LogP contribution in [-0.4, -0.2) is 17.4 Å². The number of ether oxygens (including phenoxy) is 1. The molecule has 2 rings (SSSR count). The predicted octanol–water partition coefficient (Wildman–Crippen LogP) is 4.00. The summed E-state index contributed by atoms with van der Waals surface area (Å²) in [5.41, 5.74) is 2.34. The number of rotatable bonds is 4. The summed E-state index contributed by atoms with van der Waals surface area (Å²) in [5.74, 6) is 0.671. The molecule has 0 amide bonds. The Hall–Kier alpha value is -1.87. The predicted molar refractivity (Wildman–Crippen MR) is 75.9 cm³/mol. The van der Waals surface area contributed by atoms with Crippen molar-refractivity contribution in [2.75, 3.05) is 6.61 Å². The number of aromatic nitrogens is 1. The molecule has 0 fully saturated rings. The van der Waals surface area contributed by atoms with E-state index in [1.54, 1.807) is 24.5 Å². The minimum Gasteiger partial charge on any atom is -0.492 e. The number of hydrogen-bond donors (Lipinski definition) is 0. The fraction of sp³-hybridized carbons (Fsp3) is 0.200. The number of hydrogen-bond acceptors (Lipinski definition) is 3. The van der Waals surface area contributed by atoms with E-state index in [4.69, 9.17) is 16.3 Å². The molecule has 0 unspecified atom stereocenters.